The van der Waals surface area contributed by atoms with Crippen molar-refractivity contribution in [2.24, 2.45) is 0 Å². The molecule has 0 radical (unpaired) electrons. The number of unbranched alkanes of at least 4 members (excludes halogenated alkanes) is 6. The molecule has 110 valence electrons. The monoisotopic (exact) mass is 270 g/mol. The molecule has 0 rings (SSSR count). The van der Waals surface area contributed by atoms with Gasteiger partial charge in [-0.3, -0.25) is 0 Å². The molecule has 0 heterocycles. The van der Waals surface area contributed by atoms with E-state index in [1.54, 1.807) is 0 Å². The molecule has 0 aromatic heterocycles. The minimum atomic E-state index is -1.14. The Morgan fingerprint density at radius 3 is 2.21 bits per heavy atom. The third-order valence-electron chi connectivity index (χ3n) is 2.89. The molecule has 0 aliphatic carbocycles. The number of hydrogen-bond acceptors (Lipinski definition) is 3. The van der Waals surface area contributed by atoms with Crippen molar-refractivity contribution in [1.82, 2.24) is 0 Å². The lowest BCUT2D eigenvalue weighted by atomic mass is 10.1. The van der Waals surface area contributed by atoms with Gasteiger partial charge in [0.25, 0.3) is 0 Å². The van der Waals surface area contributed by atoms with Gasteiger partial charge < -0.3 is 9.84 Å². The third-order valence-corrected chi connectivity index (χ3v) is 2.89. The minimum Gasteiger partial charge on any atom is -0.478 e. The van der Waals surface area contributed by atoms with Gasteiger partial charge in [-0.2, -0.15) is 0 Å². The van der Waals surface area contributed by atoms with Gasteiger partial charge >= 0.3 is 11.9 Å². The molecule has 4 heteroatoms. The standard InChI is InChI=1S/C15H26O4/c1-3-4-5-6-7-8-9-10-13(2)19-15(18)12-11-14(16)17/h11-13H,3-10H2,1-2H3,(H,16,17)/b12-11+. The van der Waals surface area contributed by atoms with Gasteiger partial charge in [-0.05, 0) is 19.8 Å². The van der Waals surface area contributed by atoms with Crippen LogP contribution in [0.3, 0.4) is 0 Å². The lowest BCUT2D eigenvalue weighted by molar-refractivity contribution is -0.143. The van der Waals surface area contributed by atoms with Crippen LogP contribution in [0.1, 0.15) is 65.2 Å². The van der Waals surface area contributed by atoms with E-state index in [-0.39, 0.29) is 6.10 Å². The second kappa shape index (κ2) is 11.8. The number of carboxylic acids is 1. The Morgan fingerprint density at radius 1 is 1.05 bits per heavy atom. The molecule has 1 unspecified atom stereocenters. The molecule has 0 aliphatic rings. The van der Waals surface area contributed by atoms with E-state index in [0.29, 0.717) is 0 Å². The first-order valence-electron chi connectivity index (χ1n) is 7.18. The fraction of sp³-hybridized carbons (Fsp3) is 0.733. The largest absolute Gasteiger partial charge is 0.478 e. The zero-order valence-corrected chi connectivity index (χ0v) is 12.1. The average molecular weight is 270 g/mol. The average Bonchev–Trinajstić information content (AvgIpc) is 2.35. The molecule has 1 N–H and O–H groups in total. The van der Waals surface area contributed by atoms with E-state index in [9.17, 15) is 9.59 Å². The van der Waals surface area contributed by atoms with Crippen LogP contribution in [0.15, 0.2) is 12.2 Å². The number of carbonyl (C=O) groups is 2. The highest BCUT2D eigenvalue weighted by atomic mass is 16.5. The summed E-state index contributed by atoms with van der Waals surface area (Å²) in [6.07, 6.45) is 11.0. The van der Waals surface area contributed by atoms with Crippen LogP contribution >= 0.6 is 0 Å². The van der Waals surface area contributed by atoms with E-state index in [1.807, 2.05) is 6.92 Å². The molecule has 0 bridgehead atoms. The number of carboxylic acid groups (broad SMARTS) is 1. The second-order valence-corrected chi connectivity index (χ2v) is 4.83. The molecule has 0 aliphatic heterocycles. The van der Waals surface area contributed by atoms with Crippen LogP contribution in [0, 0.1) is 0 Å². The number of aliphatic carboxylic acids is 1. The summed E-state index contributed by atoms with van der Waals surface area (Å²) in [4.78, 5) is 21.4. The number of rotatable bonds is 11. The predicted molar refractivity (Wildman–Crippen MR) is 74.9 cm³/mol. The Kier molecular flexibility index (Phi) is 10.9. The molecule has 0 saturated carbocycles. The van der Waals surface area contributed by atoms with Gasteiger partial charge in [0, 0.05) is 12.2 Å². The molecule has 0 aromatic carbocycles. The summed E-state index contributed by atoms with van der Waals surface area (Å²) in [7, 11) is 0. The lowest BCUT2D eigenvalue weighted by Crippen LogP contribution is -2.13. The van der Waals surface area contributed by atoms with Crippen molar-refractivity contribution >= 4 is 11.9 Å². The van der Waals surface area contributed by atoms with Gasteiger partial charge in [-0.25, -0.2) is 9.59 Å². The number of hydrogen-bond donors (Lipinski definition) is 1. The SMILES string of the molecule is CCCCCCCCCC(C)OC(=O)/C=C/C(=O)O. The molecular formula is C15H26O4. The maximum atomic E-state index is 11.2. The normalized spacial score (nSPS) is 12.5. The van der Waals surface area contributed by atoms with Crippen LogP contribution < -0.4 is 0 Å². The quantitative estimate of drug-likeness (QED) is 0.353. The van der Waals surface area contributed by atoms with Crippen LogP contribution in [0.25, 0.3) is 0 Å². The van der Waals surface area contributed by atoms with Crippen molar-refractivity contribution in [3.8, 4) is 0 Å². The van der Waals surface area contributed by atoms with Gasteiger partial charge in [0.15, 0.2) is 0 Å². The van der Waals surface area contributed by atoms with E-state index >= 15 is 0 Å². The summed E-state index contributed by atoms with van der Waals surface area (Å²) < 4.78 is 5.06. The summed E-state index contributed by atoms with van der Waals surface area (Å²) >= 11 is 0. The first-order chi connectivity index (χ1) is 9.06. The highest BCUT2D eigenvalue weighted by Crippen LogP contribution is 2.11. The van der Waals surface area contributed by atoms with Gasteiger partial charge in [-0.1, -0.05) is 45.4 Å². The highest BCUT2D eigenvalue weighted by molar-refractivity contribution is 5.90. The van der Waals surface area contributed by atoms with Crippen molar-refractivity contribution < 1.29 is 19.4 Å². The fourth-order valence-electron chi connectivity index (χ4n) is 1.82. The molecule has 4 nitrogen and oxygen atoms in total. The Bertz CT molecular complexity index is 284. The lowest BCUT2D eigenvalue weighted by Gasteiger charge is -2.11. The Hall–Kier alpha value is -1.32. The summed E-state index contributed by atoms with van der Waals surface area (Å²) in [5.74, 6) is -1.73. The van der Waals surface area contributed by atoms with Gasteiger partial charge in [0.05, 0.1) is 6.10 Å². The summed E-state index contributed by atoms with van der Waals surface area (Å²) in [6, 6.07) is 0. The van der Waals surface area contributed by atoms with E-state index in [1.165, 1.54) is 32.1 Å². The number of esters is 1. The number of ether oxygens (including phenoxy) is 1. The Labute approximate surface area is 115 Å². The fourth-order valence-corrected chi connectivity index (χ4v) is 1.82. The Balaban J connectivity index is 3.51. The van der Waals surface area contributed by atoms with E-state index in [0.717, 1.165) is 31.4 Å². The predicted octanol–water partition coefficient (Wildman–Crippen LogP) is 3.70. The van der Waals surface area contributed by atoms with E-state index in [4.69, 9.17) is 9.84 Å². The first-order valence-corrected chi connectivity index (χ1v) is 7.18. The van der Waals surface area contributed by atoms with Crippen LogP contribution in [-0.2, 0) is 14.3 Å². The second-order valence-electron chi connectivity index (χ2n) is 4.83. The summed E-state index contributed by atoms with van der Waals surface area (Å²) in [5, 5.41) is 8.36. The molecule has 0 aromatic rings. The maximum Gasteiger partial charge on any atom is 0.331 e. The molecule has 1 atom stereocenters. The molecule has 19 heavy (non-hydrogen) atoms. The topological polar surface area (TPSA) is 63.6 Å². The van der Waals surface area contributed by atoms with Crippen molar-refractivity contribution in [3.05, 3.63) is 12.2 Å². The minimum absolute atomic E-state index is 0.151. The van der Waals surface area contributed by atoms with E-state index < -0.39 is 11.9 Å². The molecule has 0 fully saturated rings. The Morgan fingerprint density at radius 2 is 1.63 bits per heavy atom. The summed E-state index contributed by atoms with van der Waals surface area (Å²) in [5.41, 5.74) is 0. The molecule has 0 amide bonds. The van der Waals surface area contributed by atoms with Crippen LogP contribution in [0.4, 0.5) is 0 Å². The van der Waals surface area contributed by atoms with Crippen LogP contribution in [-0.4, -0.2) is 23.1 Å². The van der Waals surface area contributed by atoms with Crippen LogP contribution in [0.2, 0.25) is 0 Å². The zero-order valence-electron chi connectivity index (χ0n) is 12.1. The van der Waals surface area contributed by atoms with Gasteiger partial charge in [-0.15, -0.1) is 0 Å². The van der Waals surface area contributed by atoms with Gasteiger partial charge in [0.2, 0.25) is 0 Å². The van der Waals surface area contributed by atoms with Crippen molar-refractivity contribution in [2.45, 2.75) is 71.3 Å². The van der Waals surface area contributed by atoms with E-state index in [2.05, 4.69) is 6.92 Å². The highest BCUT2D eigenvalue weighted by Gasteiger charge is 2.06. The molecule has 0 spiro atoms. The first kappa shape index (κ1) is 17.7. The molecular weight excluding hydrogens is 244 g/mol. The summed E-state index contributed by atoms with van der Waals surface area (Å²) in [6.45, 7) is 4.04. The maximum absolute atomic E-state index is 11.2. The zero-order chi connectivity index (χ0) is 14.5. The smallest absolute Gasteiger partial charge is 0.331 e. The molecule has 0 saturated heterocycles. The van der Waals surface area contributed by atoms with Gasteiger partial charge in [0.1, 0.15) is 0 Å². The van der Waals surface area contributed by atoms with Crippen LogP contribution in [0.5, 0.6) is 0 Å². The van der Waals surface area contributed by atoms with Crippen molar-refractivity contribution in [1.29, 1.82) is 0 Å². The van der Waals surface area contributed by atoms with Crippen molar-refractivity contribution in [2.75, 3.05) is 0 Å². The van der Waals surface area contributed by atoms with Crippen molar-refractivity contribution in [3.63, 3.8) is 0 Å². The number of carbonyl (C=O) groups excluding carboxylic acids is 1. The third kappa shape index (κ3) is 12.9.